The van der Waals surface area contributed by atoms with E-state index in [1.54, 1.807) is 30.1 Å². The molecule has 0 fully saturated rings. The number of carbonyl (C=O) groups is 2. The number of hydrogen-bond acceptors (Lipinski definition) is 4. The van der Waals surface area contributed by atoms with Crippen LogP contribution in [0.3, 0.4) is 0 Å². The van der Waals surface area contributed by atoms with Crippen molar-refractivity contribution in [2.45, 2.75) is 39.2 Å². The van der Waals surface area contributed by atoms with Crippen LogP contribution in [0, 0.1) is 0 Å². The van der Waals surface area contributed by atoms with Crippen molar-refractivity contribution in [1.82, 2.24) is 0 Å². The average Bonchev–Trinajstić information content (AvgIpc) is 3.14. The predicted octanol–water partition coefficient (Wildman–Crippen LogP) is 5.71. The number of fused-ring (bicyclic) bond motifs is 2. The van der Waals surface area contributed by atoms with Crippen molar-refractivity contribution in [3.63, 3.8) is 0 Å². The van der Waals surface area contributed by atoms with E-state index in [-0.39, 0.29) is 12.0 Å². The van der Waals surface area contributed by atoms with Crippen LogP contribution in [0.15, 0.2) is 60.0 Å². The molecular formula is C24H24N2O3S. The second-order valence-corrected chi connectivity index (χ2v) is 8.57. The van der Waals surface area contributed by atoms with E-state index in [2.05, 4.69) is 11.4 Å². The molecule has 6 heteroatoms. The van der Waals surface area contributed by atoms with Gasteiger partial charge in [0, 0.05) is 10.6 Å². The number of thiophene rings is 1. The van der Waals surface area contributed by atoms with Crippen LogP contribution in [0.1, 0.15) is 29.9 Å². The van der Waals surface area contributed by atoms with Crippen LogP contribution in [0.5, 0.6) is 0 Å². The van der Waals surface area contributed by atoms with Crippen LogP contribution >= 0.6 is 11.3 Å². The predicted molar refractivity (Wildman–Crippen MR) is 121 cm³/mol. The summed E-state index contributed by atoms with van der Waals surface area (Å²) in [5, 5.41) is 4.76. The molecule has 2 amide bonds. The molecule has 0 atom stereocenters. The van der Waals surface area contributed by atoms with E-state index in [1.807, 2.05) is 53.9 Å². The van der Waals surface area contributed by atoms with Gasteiger partial charge in [0.25, 0.3) is 0 Å². The molecule has 154 valence electrons. The van der Waals surface area contributed by atoms with Crippen LogP contribution in [-0.4, -0.2) is 18.1 Å². The first-order chi connectivity index (χ1) is 14.5. The van der Waals surface area contributed by atoms with E-state index in [9.17, 15) is 9.59 Å². The maximum absolute atomic E-state index is 13.4. The van der Waals surface area contributed by atoms with Crippen molar-refractivity contribution in [1.29, 1.82) is 0 Å². The number of nitrogens with one attached hydrogen (secondary N) is 1. The van der Waals surface area contributed by atoms with Gasteiger partial charge in [0.2, 0.25) is 5.91 Å². The highest BCUT2D eigenvalue weighted by atomic mass is 32.1. The van der Waals surface area contributed by atoms with Gasteiger partial charge in [0.1, 0.15) is 0 Å². The maximum atomic E-state index is 13.4. The highest BCUT2D eigenvalue weighted by molar-refractivity contribution is 7.10. The number of carbonyl (C=O) groups excluding carboxylic acids is 2. The number of anilines is 3. The molecule has 0 bridgehead atoms. The molecule has 0 radical (unpaired) electrons. The summed E-state index contributed by atoms with van der Waals surface area (Å²) < 4.78 is 5.19. The number of rotatable bonds is 4. The number of hydrogen-bond donors (Lipinski definition) is 1. The Hall–Kier alpha value is -3.12. The smallest absolute Gasteiger partial charge is 0.411 e. The topological polar surface area (TPSA) is 58.6 Å². The Morgan fingerprint density at radius 2 is 1.80 bits per heavy atom. The average molecular weight is 421 g/mol. The van der Waals surface area contributed by atoms with E-state index in [0.717, 1.165) is 40.2 Å². The Balaban J connectivity index is 1.73. The van der Waals surface area contributed by atoms with E-state index in [1.165, 1.54) is 0 Å². The lowest BCUT2D eigenvalue weighted by Gasteiger charge is -2.25. The first-order valence-electron chi connectivity index (χ1n) is 10.0. The minimum atomic E-state index is -0.504. The first-order valence-corrected chi connectivity index (χ1v) is 10.9. The summed E-state index contributed by atoms with van der Waals surface area (Å²) in [5.41, 5.74) is 4.53. The molecule has 1 aromatic heterocycles. The van der Waals surface area contributed by atoms with Crippen LogP contribution < -0.4 is 10.2 Å². The van der Waals surface area contributed by atoms with Crippen LogP contribution in [-0.2, 0) is 28.8 Å². The highest BCUT2D eigenvalue weighted by Gasteiger charge is 2.26. The van der Waals surface area contributed by atoms with Crippen molar-refractivity contribution < 1.29 is 14.3 Å². The number of para-hydroxylation sites is 1. The van der Waals surface area contributed by atoms with Crippen molar-refractivity contribution in [2.24, 2.45) is 0 Å². The first kappa shape index (κ1) is 20.2. The summed E-state index contributed by atoms with van der Waals surface area (Å²) in [5.74, 6) is 0.00922. The van der Waals surface area contributed by atoms with E-state index < -0.39 is 6.09 Å². The zero-order valence-electron chi connectivity index (χ0n) is 17.1. The zero-order valence-corrected chi connectivity index (χ0v) is 17.9. The summed E-state index contributed by atoms with van der Waals surface area (Å²) in [7, 11) is 0. The lowest BCUT2D eigenvalue weighted by molar-refractivity contribution is -0.117. The maximum Gasteiger partial charge on any atom is 0.411 e. The number of amides is 2. The lowest BCUT2D eigenvalue weighted by Crippen LogP contribution is -2.28. The molecule has 3 aromatic rings. The molecule has 2 aromatic carbocycles. The van der Waals surface area contributed by atoms with Crippen molar-refractivity contribution >= 4 is 40.4 Å². The van der Waals surface area contributed by atoms with Gasteiger partial charge in [-0.15, -0.1) is 11.3 Å². The summed E-state index contributed by atoms with van der Waals surface area (Å²) >= 11 is 1.58. The second kappa shape index (κ2) is 8.71. The Bertz CT molecular complexity index is 1060. The fraction of sp³-hybridized carbons (Fsp3) is 0.250. The molecule has 5 nitrogen and oxygen atoms in total. The minimum absolute atomic E-state index is 0.00922. The summed E-state index contributed by atoms with van der Waals surface area (Å²) in [6.45, 7) is 3.61. The van der Waals surface area contributed by atoms with Gasteiger partial charge in [-0.3, -0.25) is 15.0 Å². The van der Waals surface area contributed by atoms with Gasteiger partial charge >= 0.3 is 6.09 Å². The van der Waals surface area contributed by atoms with Gasteiger partial charge in [0.05, 0.1) is 23.9 Å². The molecule has 0 spiro atoms. The summed E-state index contributed by atoms with van der Waals surface area (Å²) in [4.78, 5) is 28.3. The number of nitrogens with zero attached hydrogens (tertiary/aromatic N) is 1. The molecule has 2 heterocycles. The van der Waals surface area contributed by atoms with Crippen LogP contribution in [0.25, 0.3) is 0 Å². The quantitative estimate of drug-likeness (QED) is 0.588. The van der Waals surface area contributed by atoms with Crippen molar-refractivity contribution in [3.8, 4) is 0 Å². The van der Waals surface area contributed by atoms with Crippen LogP contribution in [0.4, 0.5) is 21.9 Å². The molecule has 1 aliphatic heterocycles. The summed E-state index contributed by atoms with van der Waals surface area (Å²) in [6.07, 6.45) is 1.30. The van der Waals surface area contributed by atoms with Gasteiger partial charge in [-0.1, -0.05) is 30.3 Å². The number of aryl methyl sites for hydroxylation is 2. The zero-order chi connectivity index (χ0) is 21.1. The Morgan fingerprint density at radius 1 is 1.03 bits per heavy atom. The van der Waals surface area contributed by atoms with Gasteiger partial charge in [0.15, 0.2) is 0 Å². The Morgan fingerprint density at radius 3 is 2.53 bits per heavy atom. The lowest BCUT2D eigenvalue weighted by atomic mass is 10.0. The van der Waals surface area contributed by atoms with Gasteiger partial charge < -0.3 is 4.74 Å². The fourth-order valence-corrected chi connectivity index (χ4v) is 4.37. The fourth-order valence-electron chi connectivity index (χ4n) is 3.67. The standard InChI is InChI=1S/C24H24N2O3S/c1-16(2)29-24(28)25-19-12-11-18-10-9-17-6-3-4-8-21(17)26(22(18)14-19)23(27)15-20-7-5-13-30-20/h3-8,11-14,16H,9-10,15H2,1-2H3,(H,25,28). The van der Waals surface area contributed by atoms with Gasteiger partial charge in [-0.2, -0.15) is 0 Å². The molecule has 0 saturated carbocycles. The molecule has 1 N–H and O–H groups in total. The van der Waals surface area contributed by atoms with Crippen molar-refractivity contribution in [3.05, 3.63) is 76.0 Å². The largest absolute Gasteiger partial charge is 0.447 e. The monoisotopic (exact) mass is 420 g/mol. The van der Waals surface area contributed by atoms with E-state index >= 15 is 0 Å². The molecule has 0 aliphatic carbocycles. The molecule has 1 aliphatic rings. The molecule has 0 unspecified atom stereocenters. The summed E-state index contributed by atoms with van der Waals surface area (Å²) in [6, 6.07) is 17.7. The molecular weight excluding hydrogens is 396 g/mol. The van der Waals surface area contributed by atoms with Crippen LogP contribution in [0.2, 0.25) is 0 Å². The molecule has 0 saturated heterocycles. The Kier molecular flexibility index (Phi) is 5.86. The Labute approximate surface area is 180 Å². The third-order valence-electron chi connectivity index (χ3n) is 4.97. The van der Waals surface area contributed by atoms with Gasteiger partial charge in [-0.05, 0) is 67.5 Å². The number of ether oxygens (including phenoxy) is 1. The van der Waals surface area contributed by atoms with E-state index in [0.29, 0.717) is 12.1 Å². The molecule has 4 rings (SSSR count). The second-order valence-electron chi connectivity index (χ2n) is 7.54. The highest BCUT2D eigenvalue weighted by Crippen LogP contribution is 2.38. The van der Waals surface area contributed by atoms with E-state index in [4.69, 9.17) is 4.74 Å². The third-order valence-corrected chi connectivity index (χ3v) is 5.84. The number of benzene rings is 2. The molecule has 30 heavy (non-hydrogen) atoms. The third kappa shape index (κ3) is 4.39. The minimum Gasteiger partial charge on any atom is -0.447 e. The normalized spacial score (nSPS) is 12.7. The van der Waals surface area contributed by atoms with Crippen molar-refractivity contribution in [2.75, 3.05) is 10.2 Å². The van der Waals surface area contributed by atoms with Gasteiger partial charge in [-0.25, -0.2) is 4.79 Å². The SMILES string of the molecule is CC(C)OC(=O)Nc1ccc2c(c1)N(C(=O)Cc1cccs1)c1ccccc1CC2.